The van der Waals surface area contributed by atoms with Gasteiger partial charge in [0, 0.05) is 17.8 Å². The summed E-state index contributed by atoms with van der Waals surface area (Å²) >= 11 is 1.82. The van der Waals surface area contributed by atoms with Gasteiger partial charge in [0.05, 0.1) is 4.92 Å². The molecule has 20 heavy (non-hydrogen) atoms. The molecule has 7 nitrogen and oxygen atoms in total. The van der Waals surface area contributed by atoms with Crippen molar-refractivity contribution in [3.05, 3.63) is 16.3 Å². The number of nitrogens with one attached hydrogen (secondary N) is 2. The summed E-state index contributed by atoms with van der Waals surface area (Å²) < 4.78 is 0.192. The molecular formula is C12H19N5O2S. The predicted octanol–water partition coefficient (Wildman–Crippen LogP) is 2.51. The second-order valence-corrected chi connectivity index (χ2v) is 6.08. The van der Waals surface area contributed by atoms with Crippen LogP contribution in [0, 0.1) is 10.1 Å². The van der Waals surface area contributed by atoms with Gasteiger partial charge >= 0.3 is 5.69 Å². The van der Waals surface area contributed by atoms with E-state index in [1.54, 1.807) is 0 Å². The number of nitro groups is 1. The van der Waals surface area contributed by atoms with E-state index < -0.39 is 4.92 Å². The second kappa shape index (κ2) is 6.25. The molecule has 1 aromatic rings. The van der Waals surface area contributed by atoms with Crippen molar-refractivity contribution in [1.29, 1.82) is 0 Å². The van der Waals surface area contributed by atoms with Crippen molar-refractivity contribution in [2.75, 3.05) is 30.0 Å². The van der Waals surface area contributed by atoms with Crippen molar-refractivity contribution >= 4 is 29.2 Å². The third-order valence-electron chi connectivity index (χ3n) is 3.58. The Morgan fingerprint density at radius 2 is 2.25 bits per heavy atom. The van der Waals surface area contributed by atoms with Gasteiger partial charge in [0.1, 0.15) is 6.20 Å². The number of anilines is 2. The van der Waals surface area contributed by atoms with E-state index in [2.05, 4.69) is 26.9 Å². The molecule has 110 valence electrons. The average Bonchev–Trinajstić information content (AvgIpc) is 2.38. The standard InChI is InChI=1S/C12H19N5O2S/c1-3-13-11-14-7-9(17(18)19)10(16-11)15-8-12(20-2)5-4-6-12/h7H,3-6,8H2,1-2H3,(H2,13,14,15,16). The van der Waals surface area contributed by atoms with Crippen molar-refractivity contribution in [3.8, 4) is 0 Å². The van der Waals surface area contributed by atoms with Crippen LogP contribution in [-0.2, 0) is 0 Å². The highest BCUT2D eigenvalue weighted by Gasteiger charge is 2.36. The summed E-state index contributed by atoms with van der Waals surface area (Å²) in [6.45, 7) is 3.29. The molecule has 0 spiro atoms. The first-order valence-electron chi connectivity index (χ1n) is 6.64. The second-order valence-electron chi connectivity index (χ2n) is 4.81. The minimum Gasteiger partial charge on any atom is -0.363 e. The molecule has 1 saturated carbocycles. The maximum Gasteiger partial charge on any atom is 0.329 e. The van der Waals surface area contributed by atoms with Crippen molar-refractivity contribution in [3.63, 3.8) is 0 Å². The molecule has 0 aromatic carbocycles. The van der Waals surface area contributed by atoms with Gasteiger partial charge < -0.3 is 10.6 Å². The molecule has 2 rings (SSSR count). The van der Waals surface area contributed by atoms with Gasteiger partial charge in [-0.05, 0) is 26.0 Å². The van der Waals surface area contributed by atoms with Crippen molar-refractivity contribution in [1.82, 2.24) is 9.97 Å². The minimum atomic E-state index is -0.454. The Kier molecular flexibility index (Phi) is 4.64. The summed E-state index contributed by atoms with van der Waals surface area (Å²) in [6, 6.07) is 0. The van der Waals surface area contributed by atoms with E-state index >= 15 is 0 Å². The molecule has 0 radical (unpaired) electrons. The zero-order valence-electron chi connectivity index (χ0n) is 11.7. The Balaban J connectivity index is 2.14. The zero-order chi connectivity index (χ0) is 14.6. The molecule has 0 bridgehead atoms. The number of hydrogen-bond acceptors (Lipinski definition) is 7. The van der Waals surface area contributed by atoms with Crippen LogP contribution < -0.4 is 10.6 Å². The first-order chi connectivity index (χ1) is 9.60. The summed E-state index contributed by atoms with van der Waals surface area (Å²) in [4.78, 5) is 18.7. The monoisotopic (exact) mass is 297 g/mol. The SMILES string of the molecule is CCNc1ncc([N+](=O)[O-])c(NCC2(SC)CCC2)n1. The van der Waals surface area contributed by atoms with Gasteiger partial charge in [-0.25, -0.2) is 4.98 Å². The van der Waals surface area contributed by atoms with Crippen LogP contribution in [0.15, 0.2) is 6.20 Å². The fourth-order valence-corrected chi connectivity index (χ4v) is 3.06. The van der Waals surface area contributed by atoms with E-state index in [-0.39, 0.29) is 10.4 Å². The third-order valence-corrected chi connectivity index (χ3v) is 5.00. The summed E-state index contributed by atoms with van der Waals surface area (Å²) in [7, 11) is 0. The summed E-state index contributed by atoms with van der Waals surface area (Å²) in [5, 5.41) is 17.1. The first kappa shape index (κ1) is 14.8. The fourth-order valence-electron chi connectivity index (χ4n) is 2.15. The highest BCUT2D eigenvalue weighted by atomic mass is 32.2. The maximum absolute atomic E-state index is 11.0. The highest BCUT2D eigenvalue weighted by molar-refractivity contribution is 8.00. The van der Waals surface area contributed by atoms with Crippen LogP contribution in [0.1, 0.15) is 26.2 Å². The maximum atomic E-state index is 11.0. The van der Waals surface area contributed by atoms with Crippen LogP contribution in [0.25, 0.3) is 0 Å². The van der Waals surface area contributed by atoms with Crippen LogP contribution in [0.5, 0.6) is 0 Å². The zero-order valence-corrected chi connectivity index (χ0v) is 12.5. The van der Waals surface area contributed by atoms with E-state index in [1.807, 2.05) is 18.7 Å². The van der Waals surface area contributed by atoms with Crippen LogP contribution in [0.3, 0.4) is 0 Å². The molecule has 1 aromatic heterocycles. The number of rotatable bonds is 7. The normalized spacial score (nSPS) is 16.3. The summed E-state index contributed by atoms with van der Waals surface area (Å²) in [5.74, 6) is 0.702. The van der Waals surface area contributed by atoms with E-state index in [9.17, 15) is 10.1 Å². The molecule has 1 heterocycles. The molecular weight excluding hydrogens is 278 g/mol. The van der Waals surface area contributed by atoms with E-state index in [0.717, 1.165) is 12.8 Å². The van der Waals surface area contributed by atoms with Gasteiger partial charge in [-0.15, -0.1) is 0 Å². The Morgan fingerprint density at radius 3 is 2.75 bits per heavy atom. The van der Waals surface area contributed by atoms with Crippen LogP contribution in [-0.4, -0.2) is 39.0 Å². The van der Waals surface area contributed by atoms with E-state index in [4.69, 9.17) is 0 Å². The van der Waals surface area contributed by atoms with Crippen molar-refractivity contribution < 1.29 is 4.92 Å². The lowest BCUT2D eigenvalue weighted by Gasteiger charge is -2.40. The fraction of sp³-hybridized carbons (Fsp3) is 0.667. The molecule has 8 heteroatoms. The number of thioether (sulfide) groups is 1. The van der Waals surface area contributed by atoms with Gasteiger partial charge in [0.25, 0.3) is 0 Å². The lowest BCUT2D eigenvalue weighted by molar-refractivity contribution is -0.384. The van der Waals surface area contributed by atoms with Crippen LogP contribution in [0.2, 0.25) is 0 Å². The predicted molar refractivity (Wildman–Crippen MR) is 81.4 cm³/mol. The molecule has 0 atom stereocenters. The Hall–Kier alpha value is -1.57. The quantitative estimate of drug-likeness (QED) is 0.590. The van der Waals surface area contributed by atoms with Gasteiger partial charge in [-0.1, -0.05) is 6.42 Å². The Labute approximate surface area is 122 Å². The first-order valence-corrected chi connectivity index (χ1v) is 7.87. The molecule has 2 N–H and O–H groups in total. The summed E-state index contributed by atoms with van der Waals surface area (Å²) in [5.41, 5.74) is -0.0813. The topological polar surface area (TPSA) is 93.0 Å². The van der Waals surface area contributed by atoms with E-state index in [0.29, 0.717) is 24.9 Å². The van der Waals surface area contributed by atoms with Gasteiger partial charge in [-0.3, -0.25) is 10.1 Å². The molecule has 0 unspecified atom stereocenters. The lowest BCUT2D eigenvalue weighted by atomic mass is 9.84. The summed E-state index contributed by atoms with van der Waals surface area (Å²) in [6.07, 6.45) is 6.83. The lowest BCUT2D eigenvalue weighted by Crippen LogP contribution is -2.40. The van der Waals surface area contributed by atoms with Gasteiger partial charge in [0.15, 0.2) is 0 Å². The molecule has 0 amide bonds. The average molecular weight is 297 g/mol. The van der Waals surface area contributed by atoms with Gasteiger partial charge in [-0.2, -0.15) is 16.7 Å². The Morgan fingerprint density at radius 1 is 1.50 bits per heavy atom. The largest absolute Gasteiger partial charge is 0.363 e. The smallest absolute Gasteiger partial charge is 0.329 e. The molecule has 0 saturated heterocycles. The van der Waals surface area contributed by atoms with E-state index in [1.165, 1.54) is 12.6 Å². The van der Waals surface area contributed by atoms with Crippen molar-refractivity contribution in [2.45, 2.75) is 30.9 Å². The van der Waals surface area contributed by atoms with Crippen LogP contribution in [0.4, 0.5) is 17.5 Å². The highest BCUT2D eigenvalue weighted by Crippen LogP contribution is 2.43. The van der Waals surface area contributed by atoms with Gasteiger partial charge in [0.2, 0.25) is 11.8 Å². The molecule has 1 fully saturated rings. The van der Waals surface area contributed by atoms with Crippen molar-refractivity contribution in [2.24, 2.45) is 0 Å². The number of aromatic nitrogens is 2. The number of hydrogen-bond donors (Lipinski definition) is 2. The van der Waals surface area contributed by atoms with Crippen LogP contribution >= 0.6 is 11.8 Å². The third kappa shape index (κ3) is 3.12. The molecule has 0 aliphatic heterocycles. The number of nitrogens with zero attached hydrogens (tertiary/aromatic N) is 3. The molecule has 1 aliphatic rings. The Bertz CT molecular complexity index is 487. The molecule has 1 aliphatic carbocycles. The minimum absolute atomic E-state index is 0.0813.